The molecule has 0 aliphatic heterocycles. The van der Waals surface area contributed by atoms with E-state index in [4.69, 9.17) is 5.73 Å². The summed E-state index contributed by atoms with van der Waals surface area (Å²) in [5.74, 6) is -1.87. The second-order valence-corrected chi connectivity index (χ2v) is 7.95. The molecule has 1 atom stereocenters. The first-order valence-corrected chi connectivity index (χ1v) is 9.53. The Bertz CT molecular complexity index is 818. The third kappa shape index (κ3) is 5.56. The van der Waals surface area contributed by atoms with Gasteiger partial charge in [0.1, 0.15) is 5.82 Å². The number of anilines is 1. The van der Waals surface area contributed by atoms with Crippen LogP contribution in [-0.2, 0) is 21.1 Å². The first-order valence-electron chi connectivity index (χ1n) is 7.88. The Morgan fingerprint density at radius 2 is 1.72 bits per heavy atom. The maximum Gasteiger partial charge on any atom is 0.223 e. The van der Waals surface area contributed by atoms with Crippen LogP contribution in [0.15, 0.2) is 53.4 Å². The summed E-state index contributed by atoms with van der Waals surface area (Å²) in [6, 6.07) is 11.9. The van der Waals surface area contributed by atoms with E-state index in [1.54, 1.807) is 19.1 Å². The summed E-state index contributed by atoms with van der Waals surface area (Å²) in [4.78, 5) is 12.1. The molecule has 0 fully saturated rings. The number of hydrogen-bond donors (Lipinski definition) is 2. The predicted octanol–water partition coefficient (Wildman–Crippen LogP) is 2.18. The molecule has 1 unspecified atom stereocenters. The number of halogens is 1. The van der Waals surface area contributed by atoms with Gasteiger partial charge in [0.2, 0.25) is 5.91 Å². The van der Waals surface area contributed by atoms with Crippen molar-refractivity contribution >= 4 is 21.4 Å². The lowest BCUT2D eigenvalue weighted by Gasteiger charge is -2.13. The average Bonchev–Trinajstić information content (AvgIpc) is 2.56. The molecule has 25 heavy (non-hydrogen) atoms. The second-order valence-electron chi connectivity index (χ2n) is 5.92. The number of nitrogens with one attached hydrogen (secondary N) is 1. The van der Waals surface area contributed by atoms with Gasteiger partial charge >= 0.3 is 0 Å². The SMILES string of the molecule is CC(CS(=O)(=O)c1ccc(F)cc1)C(=O)NCCc1ccc(N)cc1. The van der Waals surface area contributed by atoms with Gasteiger partial charge in [0.25, 0.3) is 0 Å². The molecule has 0 aromatic heterocycles. The van der Waals surface area contributed by atoms with Crippen LogP contribution < -0.4 is 11.1 Å². The van der Waals surface area contributed by atoms with Gasteiger partial charge in [-0.25, -0.2) is 12.8 Å². The molecule has 0 spiro atoms. The van der Waals surface area contributed by atoms with Crippen molar-refractivity contribution in [1.29, 1.82) is 0 Å². The highest BCUT2D eigenvalue weighted by Gasteiger charge is 2.23. The van der Waals surface area contributed by atoms with Gasteiger partial charge in [0, 0.05) is 18.2 Å². The van der Waals surface area contributed by atoms with E-state index >= 15 is 0 Å². The normalized spacial score (nSPS) is 12.6. The Hall–Kier alpha value is -2.41. The number of nitrogen functional groups attached to an aromatic ring is 1. The molecule has 5 nitrogen and oxygen atoms in total. The first-order chi connectivity index (χ1) is 11.8. The molecule has 2 aromatic carbocycles. The Labute approximate surface area is 147 Å². The van der Waals surface area contributed by atoms with Crippen LogP contribution >= 0.6 is 0 Å². The molecule has 2 rings (SSSR count). The van der Waals surface area contributed by atoms with Gasteiger partial charge in [-0.1, -0.05) is 19.1 Å². The summed E-state index contributed by atoms with van der Waals surface area (Å²) in [6.45, 7) is 1.96. The molecule has 1 amide bonds. The van der Waals surface area contributed by atoms with E-state index in [0.29, 0.717) is 18.7 Å². The molecule has 0 aliphatic rings. The minimum atomic E-state index is -3.64. The Balaban J connectivity index is 1.86. The van der Waals surface area contributed by atoms with Crippen LogP contribution in [0.25, 0.3) is 0 Å². The third-order valence-corrected chi connectivity index (χ3v) is 5.71. The van der Waals surface area contributed by atoms with E-state index in [1.165, 1.54) is 12.1 Å². The number of hydrogen-bond acceptors (Lipinski definition) is 4. The molecule has 0 heterocycles. The Kier molecular flexibility index (Phi) is 6.14. The van der Waals surface area contributed by atoms with Crippen molar-refractivity contribution in [1.82, 2.24) is 5.32 Å². The fourth-order valence-corrected chi connectivity index (χ4v) is 3.88. The summed E-state index contributed by atoms with van der Waals surface area (Å²) < 4.78 is 37.4. The van der Waals surface area contributed by atoms with E-state index in [-0.39, 0.29) is 16.6 Å². The fourth-order valence-electron chi connectivity index (χ4n) is 2.33. The third-order valence-electron chi connectivity index (χ3n) is 3.78. The molecule has 7 heteroatoms. The highest BCUT2D eigenvalue weighted by Crippen LogP contribution is 2.15. The molecule has 0 radical (unpaired) electrons. The smallest absolute Gasteiger partial charge is 0.223 e. The van der Waals surface area contributed by atoms with Crippen molar-refractivity contribution in [3.05, 3.63) is 59.9 Å². The van der Waals surface area contributed by atoms with Crippen molar-refractivity contribution in [2.24, 2.45) is 5.92 Å². The molecule has 0 aliphatic carbocycles. The molecular formula is C18H21FN2O3S. The highest BCUT2D eigenvalue weighted by molar-refractivity contribution is 7.91. The molecular weight excluding hydrogens is 343 g/mol. The zero-order chi connectivity index (χ0) is 18.4. The lowest BCUT2D eigenvalue weighted by molar-refractivity contribution is -0.123. The summed E-state index contributed by atoms with van der Waals surface area (Å²) in [5.41, 5.74) is 7.31. The van der Waals surface area contributed by atoms with Crippen LogP contribution in [0.3, 0.4) is 0 Å². The van der Waals surface area contributed by atoms with Gasteiger partial charge in [0.15, 0.2) is 9.84 Å². The number of rotatable bonds is 7. The fraction of sp³-hybridized carbons (Fsp3) is 0.278. The molecule has 0 saturated carbocycles. The number of amides is 1. The van der Waals surface area contributed by atoms with Crippen LogP contribution in [0.5, 0.6) is 0 Å². The van der Waals surface area contributed by atoms with Crippen molar-refractivity contribution in [3.63, 3.8) is 0 Å². The predicted molar refractivity (Wildman–Crippen MR) is 95.2 cm³/mol. The lowest BCUT2D eigenvalue weighted by atomic mass is 10.1. The quantitative estimate of drug-likeness (QED) is 0.582. The largest absolute Gasteiger partial charge is 0.399 e. The van der Waals surface area contributed by atoms with Gasteiger partial charge in [-0.15, -0.1) is 0 Å². The summed E-state index contributed by atoms with van der Waals surface area (Å²) in [5, 5.41) is 2.73. The van der Waals surface area contributed by atoms with Gasteiger partial charge < -0.3 is 11.1 Å². The van der Waals surface area contributed by atoms with Crippen LogP contribution in [0.1, 0.15) is 12.5 Å². The highest BCUT2D eigenvalue weighted by atomic mass is 32.2. The standard InChI is InChI=1S/C18H21FN2O3S/c1-13(12-25(23,24)17-8-4-15(19)5-9-17)18(22)21-11-10-14-2-6-16(20)7-3-14/h2-9,13H,10-12,20H2,1H3,(H,21,22). The van der Waals surface area contributed by atoms with E-state index in [2.05, 4.69) is 5.32 Å². The van der Waals surface area contributed by atoms with Crippen LogP contribution in [0, 0.1) is 11.7 Å². The molecule has 0 saturated heterocycles. The lowest BCUT2D eigenvalue weighted by Crippen LogP contribution is -2.34. The summed E-state index contributed by atoms with van der Waals surface area (Å²) >= 11 is 0. The van der Waals surface area contributed by atoms with E-state index in [9.17, 15) is 17.6 Å². The zero-order valence-corrected chi connectivity index (χ0v) is 14.7. The maximum absolute atomic E-state index is 12.9. The topological polar surface area (TPSA) is 89.3 Å². The summed E-state index contributed by atoms with van der Waals surface area (Å²) in [7, 11) is -3.64. The number of sulfone groups is 1. The van der Waals surface area contributed by atoms with Crippen LogP contribution in [-0.4, -0.2) is 26.6 Å². The number of carbonyl (C=O) groups is 1. The van der Waals surface area contributed by atoms with Gasteiger partial charge in [-0.05, 0) is 48.4 Å². The summed E-state index contributed by atoms with van der Waals surface area (Å²) in [6.07, 6.45) is 0.628. The first kappa shape index (κ1) is 18.9. The molecule has 3 N–H and O–H groups in total. The van der Waals surface area contributed by atoms with Gasteiger partial charge in [-0.2, -0.15) is 0 Å². The Morgan fingerprint density at radius 3 is 2.32 bits per heavy atom. The van der Waals surface area contributed by atoms with E-state index < -0.39 is 21.6 Å². The van der Waals surface area contributed by atoms with Crippen LogP contribution in [0.2, 0.25) is 0 Å². The number of benzene rings is 2. The second kappa shape index (κ2) is 8.11. The minimum Gasteiger partial charge on any atom is -0.399 e. The van der Waals surface area contributed by atoms with Gasteiger partial charge in [0.05, 0.1) is 10.6 Å². The molecule has 0 bridgehead atoms. The minimum absolute atomic E-state index is 0.00965. The Morgan fingerprint density at radius 1 is 1.12 bits per heavy atom. The van der Waals surface area contributed by atoms with Crippen molar-refractivity contribution in [3.8, 4) is 0 Å². The van der Waals surface area contributed by atoms with Crippen molar-refractivity contribution < 1.29 is 17.6 Å². The number of carbonyl (C=O) groups excluding carboxylic acids is 1. The number of nitrogens with two attached hydrogens (primary N) is 1. The zero-order valence-electron chi connectivity index (χ0n) is 13.9. The van der Waals surface area contributed by atoms with E-state index in [0.717, 1.165) is 17.7 Å². The average molecular weight is 364 g/mol. The molecule has 2 aromatic rings. The van der Waals surface area contributed by atoms with E-state index in [1.807, 2.05) is 12.1 Å². The van der Waals surface area contributed by atoms with Gasteiger partial charge in [-0.3, -0.25) is 4.79 Å². The van der Waals surface area contributed by atoms with Crippen LogP contribution in [0.4, 0.5) is 10.1 Å². The molecule has 134 valence electrons. The van der Waals surface area contributed by atoms with Crippen molar-refractivity contribution in [2.45, 2.75) is 18.2 Å². The monoisotopic (exact) mass is 364 g/mol. The van der Waals surface area contributed by atoms with Crippen molar-refractivity contribution in [2.75, 3.05) is 18.0 Å². The maximum atomic E-state index is 12.9.